The quantitative estimate of drug-likeness (QED) is 0.778. The number of carboxylic acids is 1. The molecule has 0 bridgehead atoms. The van der Waals surface area contributed by atoms with Crippen LogP contribution in [0.1, 0.15) is 21.9 Å². The molecule has 2 heterocycles. The number of rotatable bonds is 3. The van der Waals surface area contributed by atoms with Crippen molar-refractivity contribution >= 4 is 5.97 Å². The van der Waals surface area contributed by atoms with Gasteiger partial charge in [-0.25, -0.2) is 4.79 Å². The van der Waals surface area contributed by atoms with Crippen molar-refractivity contribution in [3.8, 4) is 0 Å². The van der Waals surface area contributed by atoms with Crippen molar-refractivity contribution in [3.05, 3.63) is 47.7 Å². The number of hydrogen-bond acceptors (Lipinski definition) is 2. The molecule has 2 rings (SSSR count). The van der Waals surface area contributed by atoms with Crippen LogP contribution in [0.15, 0.2) is 35.0 Å². The molecule has 0 saturated carbocycles. The zero-order valence-electron chi connectivity index (χ0n) is 7.36. The Hall–Kier alpha value is -1.97. The Morgan fingerprint density at radius 1 is 1.43 bits per heavy atom. The van der Waals surface area contributed by atoms with Crippen LogP contribution in [0, 0.1) is 0 Å². The van der Waals surface area contributed by atoms with Gasteiger partial charge in [-0.1, -0.05) is 0 Å². The van der Waals surface area contributed by atoms with E-state index >= 15 is 0 Å². The Kier molecular flexibility index (Phi) is 2.10. The summed E-state index contributed by atoms with van der Waals surface area (Å²) in [5.41, 5.74) is 1.07. The van der Waals surface area contributed by atoms with Crippen molar-refractivity contribution in [3.63, 3.8) is 0 Å². The average Bonchev–Trinajstić information content (AvgIpc) is 2.75. The summed E-state index contributed by atoms with van der Waals surface area (Å²) in [4.78, 5) is 13.4. The molecule has 0 spiro atoms. The van der Waals surface area contributed by atoms with Crippen LogP contribution in [-0.2, 0) is 6.42 Å². The van der Waals surface area contributed by atoms with Gasteiger partial charge in [0.15, 0.2) is 0 Å². The van der Waals surface area contributed by atoms with Gasteiger partial charge in [-0.05, 0) is 23.8 Å². The normalized spacial score (nSPS) is 10.3. The Bertz CT molecular complexity index is 428. The van der Waals surface area contributed by atoms with Gasteiger partial charge >= 0.3 is 5.97 Å². The Labute approximate surface area is 80.2 Å². The standard InChI is InChI=1S/C10H9NO3/c12-10(13)9-2-1-8(14-9)5-7-3-4-11-6-7/h1-4,6,11H,5H2,(H,12,13). The fourth-order valence-electron chi connectivity index (χ4n) is 1.26. The molecule has 0 unspecified atom stereocenters. The van der Waals surface area contributed by atoms with Crippen LogP contribution in [-0.4, -0.2) is 16.1 Å². The first-order chi connectivity index (χ1) is 6.75. The Balaban J connectivity index is 2.14. The van der Waals surface area contributed by atoms with Crippen LogP contribution in [0.3, 0.4) is 0 Å². The van der Waals surface area contributed by atoms with Gasteiger partial charge in [0.25, 0.3) is 0 Å². The molecule has 0 aliphatic heterocycles. The van der Waals surface area contributed by atoms with Crippen LogP contribution in [0.5, 0.6) is 0 Å². The van der Waals surface area contributed by atoms with E-state index in [1.54, 1.807) is 6.07 Å². The van der Waals surface area contributed by atoms with Crippen molar-refractivity contribution in [2.75, 3.05) is 0 Å². The third-order valence-corrected chi connectivity index (χ3v) is 1.91. The highest BCUT2D eigenvalue weighted by atomic mass is 16.4. The fraction of sp³-hybridized carbons (Fsp3) is 0.100. The van der Waals surface area contributed by atoms with Crippen molar-refractivity contribution in [1.29, 1.82) is 0 Å². The summed E-state index contributed by atoms with van der Waals surface area (Å²) in [6.45, 7) is 0. The summed E-state index contributed by atoms with van der Waals surface area (Å²) in [5, 5.41) is 8.62. The molecule has 2 aromatic rings. The van der Waals surface area contributed by atoms with E-state index in [1.165, 1.54) is 6.07 Å². The van der Waals surface area contributed by atoms with Gasteiger partial charge < -0.3 is 14.5 Å². The molecule has 72 valence electrons. The van der Waals surface area contributed by atoms with Gasteiger partial charge in [0, 0.05) is 18.8 Å². The van der Waals surface area contributed by atoms with E-state index in [0.29, 0.717) is 12.2 Å². The van der Waals surface area contributed by atoms with E-state index < -0.39 is 5.97 Å². The molecular formula is C10H9NO3. The maximum atomic E-state index is 10.5. The highest BCUT2D eigenvalue weighted by molar-refractivity contribution is 5.84. The number of aromatic nitrogens is 1. The molecule has 0 saturated heterocycles. The van der Waals surface area contributed by atoms with Gasteiger partial charge in [-0.3, -0.25) is 0 Å². The van der Waals surface area contributed by atoms with E-state index in [1.807, 2.05) is 18.5 Å². The van der Waals surface area contributed by atoms with Gasteiger partial charge in [-0.2, -0.15) is 0 Å². The van der Waals surface area contributed by atoms with Crippen LogP contribution >= 0.6 is 0 Å². The van der Waals surface area contributed by atoms with Crippen LogP contribution in [0.4, 0.5) is 0 Å². The number of furan rings is 1. The maximum Gasteiger partial charge on any atom is 0.371 e. The summed E-state index contributed by atoms with van der Waals surface area (Å²) in [7, 11) is 0. The van der Waals surface area contributed by atoms with Crippen molar-refractivity contribution < 1.29 is 14.3 Å². The topological polar surface area (TPSA) is 66.2 Å². The molecule has 4 heteroatoms. The molecule has 0 aromatic carbocycles. The van der Waals surface area contributed by atoms with Crippen LogP contribution in [0.25, 0.3) is 0 Å². The van der Waals surface area contributed by atoms with Gasteiger partial charge in [0.2, 0.25) is 5.76 Å². The third-order valence-electron chi connectivity index (χ3n) is 1.91. The predicted molar refractivity (Wildman–Crippen MR) is 49.3 cm³/mol. The molecule has 2 aromatic heterocycles. The fourth-order valence-corrected chi connectivity index (χ4v) is 1.26. The van der Waals surface area contributed by atoms with Crippen molar-refractivity contribution in [2.24, 2.45) is 0 Å². The van der Waals surface area contributed by atoms with Crippen LogP contribution in [0.2, 0.25) is 0 Å². The summed E-state index contributed by atoms with van der Waals surface area (Å²) in [6, 6.07) is 5.06. The summed E-state index contributed by atoms with van der Waals surface area (Å²) in [6.07, 6.45) is 4.27. The number of hydrogen-bond donors (Lipinski definition) is 2. The van der Waals surface area contributed by atoms with Gasteiger partial charge in [-0.15, -0.1) is 0 Å². The molecule has 0 fully saturated rings. The van der Waals surface area contributed by atoms with E-state index in [2.05, 4.69) is 4.98 Å². The second kappa shape index (κ2) is 3.41. The maximum absolute atomic E-state index is 10.5. The lowest BCUT2D eigenvalue weighted by molar-refractivity contribution is 0.0660. The number of aromatic carboxylic acids is 1. The summed E-state index contributed by atoms with van der Waals surface area (Å²) >= 11 is 0. The first-order valence-electron chi connectivity index (χ1n) is 4.19. The number of nitrogens with one attached hydrogen (secondary N) is 1. The second-order valence-electron chi connectivity index (χ2n) is 2.97. The van der Waals surface area contributed by atoms with Crippen LogP contribution < -0.4 is 0 Å². The highest BCUT2D eigenvalue weighted by Crippen LogP contribution is 2.12. The van der Waals surface area contributed by atoms with Gasteiger partial charge in [0.05, 0.1) is 0 Å². The molecule has 0 radical (unpaired) electrons. The first kappa shape index (κ1) is 8.62. The largest absolute Gasteiger partial charge is 0.475 e. The number of H-pyrrole nitrogens is 1. The van der Waals surface area contributed by atoms with Gasteiger partial charge in [0.1, 0.15) is 5.76 Å². The average molecular weight is 191 g/mol. The minimum Gasteiger partial charge on any atom is -0.475 e. The number of carbonyl (C=O) groups is 1. The minimum absolute atomic E-state index is 0.0180. The third kappa shape index (κ3) is 1.69. The molecule has 0 aliphatic carbocycles. The Morgan fingerprint density at radius 3 is 2.86 bits per heavy atom. The molecule has 0 atom stereocenters. The van der Waals surface area contributed by atoms with Crippen molar-refractivity contribution in [1.82, 2.24) is 4.98 Å². The zero-order chi connectivity index (χ0) is 9.97. The van der Waals surface area contributed by atoms with E-state index in [9.17, 15) is 4.79 Å². The minimum atomic E-state index is -1.04. The molecule has 4 nitrogen and oxygen atoms in total. The van der Waals surface area contributed by atoms with E-state index in [0.717, 1.165) is 5.56 Å². The lowest BCUT2D eigenvalue weighted by Gasteiger charge is -1.91. The summed E-state index contributed by atoms with van der Waals surface area (Å²) in [5.74, 6) is -0.400. The predicted octanol–water partition coefficient (Wildman–Crippen LogP) is 1.90. The smallest absolute Gasteiger partial charge is 0.371 e. The van der Waals surface area contributed by atoms with Crippen molar-refractivity contribution in [2.45, 2.75) is 6.42 Å². The number of carboxylic acid groups (broad SMARTS) is 1. The molecule has 14 heavy (non-hydrogen) atoms. The lowest BCUT2D eigenvalue weighted by atomic mass is 10.2. The molecular weight excluding hydrogens is 182 g/mol. The van der Waals surface area contributed by atoms with E-state index in [4.69, 9.17) is 9.52 Å². The zero-order valence-corrected chi connectivity index (χ0v) is 7.36. The monoisotopic (exact) mass is 191 g/mol. The second-order valence-corrected chi connectivity index (χ2v) is 2.97. The molecule has 0 aliphatic rings. The first-order valence-corrected chi connectivity index (χ1v) is 4.19. The lowest BCUT2D eigenvalue weighted by Crippen LogP contribution is -1.92. The Morgan fingerprint density at radius 2 is 2.29 bits per heavy atom. The van der Waals surface area contributed by atoms with E-state index in [-0.39, 0.29) is 5.76 Å². The highest BCUT2D eigenvalue weighted by Gasteiger charge is 2.08. The summed E-state index contributed by atoms with van der Waals surface area (Å²) < 4.78 is 5.10. The molecule has 2 N–H and O–H groups in total. The SMILES string of the molecule is O=C(O)c1ccc(Cc2cc[nH]c2)o1. The number of aromatic amines is 1. The molecule has 0 amide bonds.